The van der Waals surface area contributed by atoms with Gasteiger partial charge in [0.2, 0.25) is 0 Å². The van der Waals surface area contributed by atoms with Gasteiger partial charge in [-0.25, -0.2) is 0 Å². The number of guanidine groups is 1. The van der Waals surface area contributed by atoms with Crippen molar-refractivity contribution in [2.45, 2.75) is 33.2 Å². The topological polar surface area (TPSA) is 67.1 Å². The van der Waals surface area contributed by atoms with E-state index < -0.39 is 0 Å². The summed E-state index contributed by atoms with van der Waals surface area (Å²) in [4.78, 5) is 4.45. The van der Waals surface area contributed by atoms with E-state index in [-0.39, 0.29) is 0 Å². The molecule has 0 radical (unpaired) electrons. The SMILES string of the molecule is C=CCNC(=NCCC)NCCn1cnnc1CC. The quantitative estimate of drug-likeness (QED) is 0.417. The summed E-state index contributed by atoms with van der Waals surface area (Å²) >= 11 is 0. The highest BCUT2D eigenvalue weighted by atomic mass is 15.3. The molecule has 0 saturated carbocycles. The van der Waals surface area contributed by atoms with Crippen molar-refractivity contribution in [3.8, 4) is 0 Å². The fourth-order valence-corrected chi connectivity index (χ4v) is 1.60. The Labute approximate surface area is 115 Å². The van der Waals surface area contributed by atoms with Gasteiger partial charge in [0.05, 0.1) is 0 Å². The van der Waals surface area contributed by atoms with E-state index in [1.54, 1.807) is 6.33 Å². The second-order valence-corrected chi connectivity index (χ2v) is 4.12. The van der Waals surface area contributed by atoms with Crippen molar-refractivity contribution >= 4 is 5.96 Å². The van der Waals surface area contributed by atoms with E-state index in [1.165, 1.54) is 0 Å². The lowest BCUT2D eigenvalue weighted by Crippen LogP contribution is -2.39. The highest BCUT2D eigenvalue weighted by Gasteiger charge is 2.01. The predicted molar refractivity (Wildman–Crippen MR) is 78.2 cm³/mol. The molecule has 1 aromatic rings. The third-order valence-electron chi connectivity index (χ3n) is 2.56. The summed E-state index contributed by atoms with van der Waals surface area (Å²) in [6.07, 6.45) is 5.51. The molecule has 1 aromatic heterocycles. The van der Waals surface area contributed by atoms with Crippen LogP contribution in [0.15, 0.2) is 24.0 Å². The van der Waals surface area contributed by atoms with Gasteiger partial charge < -0.3 is 15.2 Å². The number of nitrogens with one attached hydrogen (secondary N) is 2. The Morgan fingerprint density at radius 2 is 2.32 bits per heavy atom. The van der Waals surface area contributed by atoms with E-state index in [2.05, 4.69) is 50.8 Å². The summed E-state index contributed by atoms with van der Waals surface area (Å²) in [6, 6.07) is 0. The van der Waals surface area contributed by atoms with Gasteiger partial charge in [0.25, 0.3) is 0 Å². The lowest BCUT2D eigenvalue weighted by molar-refractivity contribution is 0.633. The van der Waals surface area contributed by atoms with Crippen molar-refractivity contribution in [1.29, 1.82) is 0 Å². The van der Waals surface area contributed by atoms with Crippen LogP contribution in [0.1, 0.15) is 26.1 Å². The largest absolute Gasteiger partial charge is 0.355 e. The highest BCUT2D eigenvalue weighted by Crippen LogP contribution is 1.94. The molecule has 0 aliphatic heterocycles. The number of rotatable bonds is 8. The zero-order chi connectivity index (χ0) is 13.9. The van der Waals surface area contributed by atoms with Gasteiger partial charge in [-0.15, -0.1) is 16.8 Å². The molecule has 6 heteroatoms. The first-order valence-corrected chi connectivity index (χ1v) is 6.81. The van der Waals surface area contributed by atoms with E-state index in [0.29, 0.717) is 6.54 Å². The van der Waals surface area contributed by atoms with E-state index >= 15 is 0 Å². The fraction of sp³-hybridized carbons (Fsp3) is 0.615. The van der Waals surface area contributed by atoms with Crippen LogP contribution in [0.25, 0.3) is 0 Å². The minimum atomic E-state index is 0.711. The minimum absolute atomic E-state index is 0.711. The molecule has 0 aliphatic carbocycles. The van der Waals surface area contributed by atoms with Crippen molar-refractivity contribution in [3.63, 3.8) is 0 Å². The van der Waals surface area contributed by atoms with Gasteiger partial charge in [-0.3, -0.25) is 4.99 Å². The van der Waals surface area contributed by atoms with Gasteiger partial charge in [0.1, 0.15) is 12.2 Å². The molecule has 0 spiro atoms. The molecule has 0 amide bonds. The summed E-state index contributed by atoms with van der Waals surface area (Å²) in [5.41, 5.74) is 0. The minimum Gasteiger partial charge on any atom is -0.355 e. The number of aryl methyl sites for hydroxylation is 1. The summed E-state index contributed by atoms with van der Waals surface area (Å²) in [5, 5.41) is 14.5. The fourth-order valence-electron chi connectivity index (χ4n) is 1.60. The summed E-state index contributed by atoms with van der Waals surface area (Å²) in [7, 11) is 0. The standard InChI is InChI=1S/C13H24N6/c1-4-7-14-13(15-8-5-2)16-9-10-19-11-17-18-12(19)6-3/h4,11H,1,5-10H2,2-3H3,(H2,14,15,16). The lowest BCUT2D eigenvalue weighted by Gasteiger charge is -2.12. The molecule has 0 bridgehead atoms. The summed E-state index contributed by atoms with van der Waals surface area (Å²) in [6.45, 7) is 11.0. The van der Waals surface area contributed by atoms with Crippen molar-refractivity contribution in [3.05, 3.63) is 24.8 Å². The van der Waals surface area contributed by atoms with E-state index in [4.69, 9.17) is 0 Å². The summed E-state index contributed by atoms with van der Waals surface area (Å²) < 4.78 is 2.05. The smallest absolute Gasteiger partial charge is 0.191 e. The Bertz CT molecular complexity index is 396. The molecule has 106 valence electrons. The molecule has 0 fully saturated rings. The van der Waals surface area contributed by atoms with E-state index in [9.17, 15) is 0 Å². The van der Waals surface area contributed by atoms with E-state index in [1.807, 2.05) is 6.08 Å². The molecule has 6 nitrogen and oxygen atoms in total. The van der Waals surface area contributed by atoms with Crippen LogP contribution in [-0.2, 0) is 13.0 Å². The number of aromatic nitrogens is 3. The summed E-state index contributed by atoms with van der Waals surface area (Å²) in [5.74, 6) is 1.83. The van der Waals surface area contributed by atoms with Gasteiger partial charge in [-0.2, -0.15) is 0 Å². The Balaban J connectivity index is 2.40. The zero-order valence-electron chi connectivity index (χ0n) is 11.9. The Morgan fingerprint density at radius 3 is 3.00 bits per heavy atom. The monoisotopic (exact) mass is 264 g/mol. The molecule has 0 atom stereocenters. The normalized spacial score (nSPS) is 11.4. The first kappa shape index (κ1) is 15.2. The van der Waals surface area contributed by atoms with Crippen LogP contribution >= 0.6 is 0 Å². The molecular formula is C13H24N6. The van der Waals surface area contributed by atoms with Crippen molar-refractivity contribution < 1.29 is 0 Å². The number of hydrogen-bond donors (Lipinski definition) is 2. The van der Waals surface area contributed by atoms with Gasteiger partial charge in [0.15, 0.2) is 5.96 Å². The Kier molecular flexibility index (Phi) is 7.31. The van der Waals surface area contributed by atoms with Crippen LogP contribution in [0.5, 0.6) is 0 Å². The molecule has 0 aliphatic rings. The maximum atomic E-state index is 4.45. The van der Waals surface area contributed by atoms with Gasteiger partial charge in [0, 0.05) is 32.6 Å². The number of nitrogens with zero attached hydrogens (tertiary/aromatic N) is 4. The van der Waals surface area contributed by atoms with Gasteiger partial charge in [-0.05, 0) is 6.42 Å². The second kappa shape index (κ2) is 9.13. The van der Waals surface area contributed by atoms with Crippen LogP contribution in [0.3, 0.4) is 0 Å². The lowest BCUT2D eigenvalue weighted by atomic mass is 10.4. The van der Waals surface area contributed by atoms with Crippen LogP contribution in [-0.4, -0.2) is 40.4 Å². The second-order valence-electron chi connectivity index (χ2n) is 4.12. The van der Waals surface area contributed by atoms with Gasteiger partial charge >= 0.3 is 0 Å². The van der Waals surface area contributed by atoms with E-state index in [0.717, 1.165) is 44.3 Å². The van der Waals surface area contributed by atoms with Crippen LogP contribution in [0, 0.1) is 0 Å². The maximum absolute atomic E-state index is 4.45. The molecule has 0 saturated heterocycles. The van der Waals surface area contributed by atoms with Crippen molar-refractivity contribution in [2.75, 3.05) is 19.6 Å². The molecule has 19 heavy (non-hydrogen) atoms. The number of hydrogen-bond acceptors (Lipinski definition) is 3. The third-order valence-corrected chi connectivity index (χ3v) is 2.56. The van der Waals surface area contributed by atoms with Crippen LogP contribution < -0.4 is 10.6 Å². The molecular weight excluding hydrogens is 240 g/mol. The molecule has 1 rings (SSSR count). The molecule has 0 unspecified atom stereocenters. The molecule has 0 aromatic carbocycles. The molecule has 1 heterocycles. The first-order chi connectivity index (χ1) is 9.31. The van der Waals surface area contributed by atoms with Crippen LogP contribution in [0.4, 0.5) is 0 Å². The van der Waals surface area contributed by atoms with Crippen LogP contribution in [0.2, 0.25) is 0 Å². The van der Waals surface area contributed by atoms with Crippen molar-refractivity contribution in [2.24, 2.45) is 4.99 Å². The number of aliphatic imine (C=N–C) groups is 1. The third kappa shape index (κ3) is 5.54. The predicted octanol–water partition coefficient (Wildman–Crippen LogP) is 0.972. The average molecular weight is 264 g/mol. The first-order valence-electron chi connectivity index (χ1n) is 6.81. The Morgan fingerprint density at radius 1 is 1.47 bits per heavy atom. The molecule has 2 N–H and O–H groups in total. The maximum Gasteiger partial charge on any atom is 0.191 e. The average Bonchev–Trinajstić information content (AvgIpc) is 2.88. The Hall–Kier alpha value is -1.85. The zero-order valence-corrected chi connectivity index (χ0v) is 11.9. The van der Waals surface area contributed by atoms with Gasteiger partial charge in [-0.1, -0.05) is 19.9 Å². The highest BCUT2D eigenvalue weighted by molar-refractivity contribution is 5.79. The van der Waals surface area contributed by atoms with Crippen molar-refractivity contribution in [1.82, 2.24) is 25.4 Å².